The maximum absolute atomic E-state index is 12.9. The maximum Gasteiger partial charge on any atom is 0.253 e. The van der Waals surface area contributed by atoms with Gasteiger partial charge >= 0.3 is 0 Å². The van der Waals surface area contributed by atoms with Crippen molar-refractivity contribution < 1.29 is 4.79 Å². The molecule has 2 aliphatic heterocycles. The highest BCUT2D eigenvalue weighted by Crippen LogP contribution is 2.29. The summed E-state index contributed by atoms with van der Waals surface area (Å²) in [5, 5.41) is 15.9. The summed E-state index contributed by atoms with van der Waals surface area (Å²) in [6, 6.07) is 18.4. The van der Waals surface area contributed by atoms with E-state index in [1.54, 1.807) is 5.01 Å². The fourth-order valence-corrected chi connectivity index (χ4v) is 5.06. The summed E-state index contributed by atoms with van der Waals surface area (Å²) < 4.78 is 2.09. The minimum absolute atomic E-state index is 0.0103. The number of piperidine rings is 1. The van der Waals surface area contributed by atoms with Gasteiger partial charge in [0.15, 0.2) is 5.16 Å². The van der Waals surface area contributed by atoms with Gasteiger partial charge in [-0.25, -0.2) is 5.01 Å². The van der Waals surface area contributed by atoms with E-state index in [0.29, 0.717) is 6.54 Å². The number of aromatic nitrogens is 3. The number of nitrogens with zero attached hydrogens (tertiary/aromatic N) is 6. The Morgan fingerprint density at radius 2 is 1.70 bits per heavy atom. The number of aryl methyl sites for hydroxylation is 1. The van der Waals surface area contributed by atoms with Crippen molar-refractivity contribution in [3.05, 3.63) is 65.7 Å². The van der Waals surface area contributed by atoms with E-state index in [1.807, 2.05) is 30.3 Å². The predicted octanol–water partition coefficient (Wildman–Crippen LogP) is 4.29. The minimum Gasteiger partial charge on any atom is -0.341 e. The zero-order valence-electron chi connectivity index (χ0n) is 18.9. The van der Waals surface area contributed by atoms with Crippen LogP contribution in [0.5, 0.6) is 0 Å². The maximum atomic E-state index is 12.9. The zero-order valence-corrected chi connectivity index (χ0v) is 19.7. The molecule has 1 aromatic heterocycles. The van der Waals surface area contributed by atoms with Crippen molar-refractivity contribution >= 4 is 29.3 Å². The molecule has 1 fully saturated rings. The number of hydrogen-bond donors (Lipinski definition) is 0. The van der Waals surface area contributed by atoms with Gasteiger partial charge in [-0.1, -0.05) is 59.8 Å². The SMILES string of the molecule is Cc1ccc(-n2c(SCC(=O)N3CCC(c4ccccc4)=N3)nnc2N2CCCCC2)cc1. The molecule has 1 amide bonds. The highest BCUT2D eigenvalue weighted by molar-refractivity contribution is 7.99. The lowest BCUT2D eigenvalue weighted by Gasteiger charge is -2.27. The van der Waals surface area contributed by atoms with Gasteiger partial charge in [0.25, 0.3) is 5.91 Å². The van der Waals surface area contributed by atoms with E-state index in [0.717, 1.165) is 47.6 Å². The van der Waals surface area contributed by atoms with Crippen LogP contribution in [0.1, 0.15) is 36.8 Å². The highest BCUT2D eigenvalue weighted by atomic mass is 32.2. The molecule has 0 aliphatic carbocycles. The fourth-order valence-electron chi connectivity index (χ4n) is 4.25. The van der Waals surface area contributed by atoms with Crippen LogP contribution in [0.25, 0.3) is 5.69 Å². The van der Waals surface area contributed by atoms with Crippen molar-refractivity contribution in [3.8, 4) is 5.69 Å². The van der Waals surface area contributed by atoms with Crippen molar-refractivity contribution in [1.82, 2.24) is 19.8 Å². The Bertz CT molecular complexity index is 1140. The van der Waals surface area contributed by atoms with Crippen LogP contribution in [0.3, 0.4) is 0 Å². The van der Waals surface area contributed by atoms with Crippen molar-refractivity contribution in [2.24, 2.45) is 5.10 Å². The van der Waals surface area contributed by atoms with Gasteiger partial charge < -0.3 is 4.90 Å². The Hall–Kier alpha value is -3.13. The van der Waals surface area contributed by atoms with Gasteiger partial charge in [-0.3, -0.25) is 9.36 Å². The molecule has 3 heterocycles. The third kappa shape index (κ3) is 4.80. The standard InChI is InChI=1S/C25H28N6OS/c1-19-10-12-21(13-11-19)31-24(29-15-6-3-7-16-29)26-27-25(31)33-18-23(32)30-17-14-22(28-30)20-8-4-2-5-9-20/h2,4-5,8-13H,3,6-7,14-18H2,1H3. The fraction of sp³-hybridized carbons (Fsp3) is 0.360. The molecule has 0 saturated carbocycles. The van der Waals surface area contributed by atoms with Crippen molar-refractivity contribution in [1.29, 1.82) is 0 Å². The zero-order chi connectivity index (χ0) is 22.6. The van der Waals surface area contributed by atoms with Crippen molar-refractivity contribution in [2.45, 2.75) is 37.8 Å². The lowest BCUT2D eigenvalue weighted by Crippen LogP contribution is -2.31. The second-order valence-electron chi connectivity index (χ2n) is 8.47. The summed E-state index contributed by atoms with van der Waals surface area (Å²) in [5.74, 6) is 1.12. The normalized spacial score (nSPS) is 16.2. The van der Waals surface area contributed by atoms with Crippen LogP contribution in [0, 0.1) is 6.92 Å². The van der Waals surface area contributed by atoms with Gasteiger partial charge in [-0.05, 0) is 43.9 Å². The first-order valence-electron chi connectivity index (χ1n) is 11.5. The smallest absolute Gasteiger partial charge is 0.253 e. The van der Waals surface area contributed by atoms with Gasteiger partial charge in [0.1, 0.15) is 0 Å². The van der Waals surface area contributed by atoms with Crippen LogP contribution < -0.4 is 4.90 Å². The molecule has 0 bridgehead atoms. The average Bonchev–Trinajstić information content (AvgIpc) is 3.52. The molecule has 1 saturated heterocycles. The number of amides is 1. The molecule has 0 N–H and O–H groups in total. The van der Waals surface area contributed by atoms with E-state index in [4.69, 9.17) is 0 Å². The first-order valence-corrected chi connectivity index (χ1v) is 12.5. The predicted molar refractivity (Wildman–Crippen MR) is 132 cm³/mol. The van der Waals surface area contributed by atoms with Gasteiger partial charge in [0.2, 0.25) is 5.95 Å². The Kier molecular flexibility index (Phi) is 6.44. The number of carbonyl (C=O) groups excluding carboxylic acids is 1. The van der Waals surface area contributed by atoms with Gasteiger partial charge in [0.05, 0.1) is 23.7 Å². The second-order valence-corrected chi connectivity index (χ2v) is 9.41. The number of thioether (sulfide) groups is 1. The summed E-state index contributed by atoms with van der Waals surface area (Å²) in [4.78, 5) is 15.2. The molecule has 8 heteroatoms. The van der Waals surface area contributed by atoms with Gasteiger partial charge in [-0.15, -0.1) is 10.2 Å². The highest BCUT2D eigenvalue weighted by Gasteiger charge is 2.25. The van der Waals surface area contributed by atoms with Crippen LogP contribution in [-0.2, 0) is 4.79 Å². The molecule has 7 nitrogen and oxygen atoms in total. The van der Waals surface area contributed by atoms with Crippen molar-refractivity contribution in [3.63, 3.8) is 0 Å². The molecule has 2 aliphatic rings. The summed E-state index contributed by atoms with van der Waals surface area (Å²) in [5.41, 5.74) is 4.26. The summed E-state index contributed by atoms with van der Waals surface area (Å²) in [6.07, 6.45) is 4.36. The van der Waals surface area contributed by atoms with Crippen molar-refractivity contribution in [2.75, 3.05) is 30.3 Å². The number of benzene rings is 2. The first kappa shape index (κ1) is 21.7. The molecule has 3 aromatic rings. The van der Waals surface area contributed by atoms with Crippen LogP contribution in [0.15, 0.2) is 64.9 Å². The van der Waals surface area contributed by atoms with Gasteiger partial charge in [0, 0.05) is 19.5 Å². The van der Waals surface area contributed by atoms with E-state index in [-0.39, 0.29) is 11.7 Å². The number of rotatable bonds is 6. The van der Waals surface area contributed by atoms with E-state index in [2.05, 4.69) is 56.0 Å². The van der Waals surface area contributed by atoms with Crippen LogP contribution >= 0.6 is 11.8 Å². The minimum atomic E-state index is -0.0103. The molecule has 33 heavy (non-hydrogen) atoms. The molecular formula is C25H28N6OS. The lowest BCUT2D eigenvalue weighted by molar-refractivity contribution is -0.127. The third-order valence-electron chi connectivity index (χ3n) is 6.07. The Morgan fingerprint density at radius 1 is 0.939 bits per heavy atom. The molecule has 0 atom stereocenters. The molecule has 0 radical (unpaired) electrons. The average molecular weight is 461 g/mol. The van der Waals surface area contributed by atoms with Crippen LogP contribution in [0.2, 0.25) is 0 Å². The Balaban J connectivity index is 1.34. The summed E-state index contributed by atoms with van der Waals surface area (Å²) >= 11 is 1.43. The molecule has 0 spiro atoms. The van der Waals surface area contributed by atoms with E-state index in [9.17, 15) is 4.79 Å². The topological polar surface area (TPSA) is 66.6 Å². The molecule has 5 rings (SSSR count). The first-order chi connectivity index (χ1) is 16.2. The Morgan fingerprint density at radius 3 is 2.45 bits per heavy atom. The van der Waals surface area contributed by atoms with E-state index >= 15 is 0 Å². The number of carbonyl (C=O) groups is 1. The van der Waals surface area contributed by atoms with Crippen LogP contribution in [-0.4, -0.2) is 56.8 Å². The van der Waals surface area contributed by atoms with Gasteiger partial charge in [-0.2, -0.15) is 5.10 Å². The molecule has 0 unspecified atom stereocenters. The largest absolute Gasteiger partial charge is 0.341 e. The summed E-state index contributed by atoms with van der Waals surface area (Å²) in [7, 11) is 0. The van der Waals surface area contributed by atoms with E-state index in [1.165, 1.54) is 36.6 Å². The molecule has 2 aromatic carbocycles. The second kappa shape index (κ2) is 9.79. The molecular weight excluding hydrogens is 432 g/mol. The summed E-state index contributed by atoms with van der Waals surface area (Å²) in [6.45, 7) is 4.67. The number of anilines is 1. The quantitative estimate of drug-likeness (QED) is 0.513. The number of hydrazone groups is 1. The monoisotopic (exact) mass is 460 g/mol. The van der Waals surface area contributed by atoms with E-state index < -0.39 is 0 Å². The lowest BCUT2D eigenvalue weighted by atomic mass is 10.1. The number of hydrogen-bond acceptors (Lipinski definition) is 6. The van der Waals surface area contributed by atoms with Crippen LogP contribution in [0.4, 0.5) is 5.95 Å². The molecule has 170 valence electrons. The Labute approximate surface area is 198 Å². The third-order valence-corrected chi connectivity index (χ3v) is 6.98.